The van der Waals surface area contributed by atoms with Gasteiger partial charge in [-0.2, -0.15) is 0 Å². The summed E-state index contributed by atoms with van der Waals surface area (Å²) in [5.41, 5.74) is -0.465. The standard InChI is InChI=1S/C16H29NO2/c1-13-7-6-8-14(11-13)17(2)12-16(15(18)19)9-4-3-5-10-16/h13-14H,3-12H2,1-2H3,(H,18,19). The molecule has 0 radical (unpaired) electrons. The van der Waals surface area contributed by atoms with Crippen molar-refractivity contribution in [3.05, 3.63) is 0 Å². The van der Waals surface area contributed by atoms with E-state index in [4.69, 9.17) is 0 Å². The van der Waals surface area contributed by atoms with Crippen molar-refractivity contribution in [1.29, 1.82) is 0 Å². The largest absolute Gasteiger partial charge is 0.481 e. The maximum absolute atomic E-state index is 11.7. The van der Waals surface area contributed by atoms with Crippen LogP contribution >= 0.6 is 0 Å². The van der Waals surface area contributed by atoms with Gasteiger partial charge >= 0.3 is 5.97 Å². The second kappa shape index (κ2) is 6.25. The maximum Gasteiger partial charge on any atom is 0.310 e. The van der Waals surface area contributed by atoms with E-state index >= 15 is 0 Å². The number of carboxylic acid groups (broad SMARTS) is 1. The first-order valence-electron chi connectivity index (χ1n) is 7.97. The van der Waals surface area contributed by atoms with Crippen LogP contribution in [0.2, 0.25) is 0 Å². The summed E-state index contributed by atoms with van der Waals surface area (Å²) >= 11 is 0. The highest BCUT2D eigenvalue weighted by Crippen LogP contribution is 2.38. The van der Waals surface area contributed by atoms with Crippen molar-refractivity contribution in [2.45, 2.75) is 70.8 Å². The van der Waals surface area contributed by atoms with Gasteiger partial charge in [0.15, 0.2) is 0 Å². The minimum Gasteiger partial charge on any atom is -0.481 e. The van der Waals surface area contributed by atoms with Crippen LogP contribution in [0.1, 0.15) is 64.7 Å². The summed E-state index contributed by atoms with van der Waals surface area (Å²) in [6, 6.07) is 0.599. The van der Waals surface area contributed by atoms with Gasteiger partial charge in [0.05, 0.1) is 5.41 Å². The maximum atomic E-state index is 11.7. The van der Waals surface area contributed by atoms with E-state index in [0.29, 0.717) is 6.04 Å². The van der Waals surface area contributed by atoms with Crippen molar-refractivity contribution in [2.24, 2.45) is 11.3 Å². The molecule has 0 bridgehead atoms. The van der Waals surface area contributed by atoms with Crippen LogP contribution in [0.4, 0.5) is 0 Å². The average molecular weight is 267 g/mol. The van der Waals surface area contributed by atoms with Gasteiger partial charge in [-0.1, -0.05) is 39.0 Å². The van der Waals surface area contributed by atoms with E-state index in [1.807, 2.05) is 0 Å². The number of rotatable bonds is 4. The fourth-order valence-corrected chi connectivity index (χ4v) is 4.08. The van der Waals surface area contributed by atoms with Crippen LogP contribution in [0.3, 0.4) is 0 Å². The molecule has 1 N–H and O–H groups in total. The van der Waals surface area contributed by atoms with E-state index < -0.39 is 11.4 Å². The number of hydrogen-bond donors (Lipinski definition) is 1. The van der Waals surface area contributed by atoms with E-state index in [2.05, 4.69) is 18.9 Å². The molecule has 3 nitrogen and oxygen atoms in total. The van der Waals surface area contributed by atoms with Crippen molar-refractivity contribution < 1.29 is 9.90 Å². The van der Waals surface area contributed by atoms with Gasteiger partial charge in [-0.15, -0.1) is 0 Å². The minimum absolute atomic E-state index is 0.465. The fourth-order valence-electron chi connectivity index (χ4n) is 4.08. The first-order chi connectivity index (χ1) is 9.03. The number of nitrogens with zero attached hydrogens (tertiary/aromatic N) is 1. The van der Waals surface area contributed by atoms with Gasteiger partial charge in [0.1, 0.15) is 0 Å². The third-order valence-corrected chi connectivity index (χ3v) is 5.35. The molecule has 2 saturated carbocycles. The van der Waals surface area contributed by atoms with Crippen LogP contribution in [-0.4, -0.2) is 35.6 Å². The van der Waals surface area contributed by atoms with Crippen LogP contribution in [0, 0.1) is 11.3 Å². The first-order valence-corrected chi connectivity index (χ1v) is 7.97. The topological polar surface area (TPSA) is 40.5 Å². The van der Waals surface area contributed by atoms with Crippen molar-refractivity contribution in [3.63, 3.8) is 0 Å². The second-order valence-corrected chi connectivity index (χ2v) is 6.99. The molecule has 0 amide bonds. The molecule has 0 spiro atoms. The third-order valence-electron chi connectivity index (χ3n) is 5.35. The summed E-state index contributed by atoms with van der Waals surface area (Å²) in [4.78, 5) is 14.1. The molecule has 19 heavy (non-hydrogen) atoms. The third kappa shape index (κ3) is 3.50. The number of hydrogen-bond acceptors (Lipinski definition) is 2. The van der Waals surface area contributed by atoms with Gasteiger partial charge in [0.2, 0.25) is 0 Å². The fraction of sp³-hybridized carbons (Fsp3) is 0.938. The number of aliphatic carboxylic acids is 1. The summed E-state index contributed by atoms with van der Waals surface area (Å²) in [6.07, 6.45) is 10.2. The highest BCUT2D eigenvalue weighted by molar-refractivity contribution is 5.75. The molecule has 2 aliphatic rings. The lowest BCUT2D eigenvalue weighted by atomic mass is 9.73. The molecule has 2 aliphatic carbocycles. The number of carboxylic acids is 1. The summed E-state index contributed by atoms with van der Waals surface area (Å²) < 4.78 is 0. The molecule has 0 aromatic carbocycles. The molecule has 3 heteroatoms. The summed E-state index contributed by atoms with van der Waals surface area (Å²) in [6.45, 7) is 3.08. The Hall–Kier alpha value is -0.570. The quantitative estimate of drug-likeness (QED) is 0.847. The molecule has 110 valence electrons. The smallest absolute Gasteiger partial charge is 0.310 e. The van der Waals surface area contributed by atoms with Gasteiger partial charge in [-0.05, 0) is 38.6 Å². The van der Waals surface area contributed by atoms with Crippen molar-refractivity contribution in [2.75, 3.05) is 13.6 Å². The molecule has 2 unspecified atom stereocenters. The van der Waals surface area contributed by atoms with Gasteiger partial charge < -0.3 is 10.0 Å². The molecule has 0 heterocycles. The van der Waals surface area contributed by atoms with Gasteiger partial charge in [-0.25, -0.2) is 0 Å². The Morgan fingerprint density at radius 3 is 2.47 bits per heavy atom. The van der Waals surface area contributed by atoms with Crippen LogP contribution in [-0.2, 0) is 4.79 Å². The van der Waals surface area contributed by atoms with Gasteiger partial charge in [-0.3, -0.25) is 4.79 Å². The van der Waals surface area contributed by atoms with E-state index in [9.17, 15) is 9.90 Å². The van der Waals surface area contributed by atoms with Crippen LogP contribution in [0.5, 0.6) is 0 Å². The molecular formula is C16H29NO2. The minimum atomic E-state index is -0.567. The summed E-state index contributed by atoms with van der Waals surface area (Å²) in [7, 11) is 2.14. The lowest BCUT2D eigenvalue weighted by Gasteiger charge is -2.41. The van der Waals surface area contributed by atoms with Crippen LogP contribution in [0.25, 0.3) is 0 Å². The monoisotopic (exact) mass is 267 g/mol. The van der Waals surface area contributed by atoms with Crippen LogP contribution in [0.15, 0.2) is 0 Å². The zero-order chi connectivity index (χ0) is 13.9. The highest BCUT2D eigenvalue weighted by atomic mass is 16.4. The first kappa shape index (κ1) is 14.8. The second-order valence-electron chi connectivity index (χ2n) is 6.99. The van der Waals surface area contributed by atoms with E-state index in [-0.39, 0.29) is 0 Å². The highest BCUT2D eigenvalue weighted by Gasteiger charge is 2.41. The SMILES string of the molecule is CC1CCCC(N(C)CC2(C(=O)O)CCCCC2)C1. The molecule has 0 aromatic rings. The Morgan fingerprint density at radius 2 is 1.89 bits per heavy atom. The molecule has 0 aromatic heterocycles. The van der Waals surface area contributed by atoms with Crippen LogP contribution < -0.4 is 0 Å². The summed E-state index contributed by atoms with van der Waals surface area (Å²) in [5, 5.41) is 9.66. The lowest BCUT2D eigenvalue weighted by Crippen LogP contribution is -2.47. The predicted molar refractivity (Wildman–Crippen MR) is 77.2 cm³/mol. The van der Waals surface area contributed by atoms with Crippen molar-refractivity contribution in [1.82, 2.24) is 4.90 Å². The Labute approximate surface area is 117 Å². The molecular weight excluding hydrogens is 238 g/mol. The molecule has 2 atom stereocenters. The predicted octanol–water partition coefficient (Wildman–Crippen LogP) is 3.53. The average Bonchev–Trinajstić information content (AvgIpc) is 2.39. The Morgan fingerprint density at radius 1 is 1.21 bits per heavy atom. The zero-order valence-electron chi connectivity index (χ0n) is 12.5. The van der Waals surface area contributed by atoms with E-state index in [0.717, 1.165) is 38.1 Å². The Kier molecular flexibility index (Phi) is 4.88. The number of carbonyl (C=O) groups is 1. The van der Waals surface area contributed by atoms with Crippen molar-refractivity contribution in [3.8, 4) is 0 Å². The summed E-state index contributed by atoms with van der Waals surface area (Å²) in [5.74, 6) is 0.233. The molecule has 2 rings (SSSR count). The zero-order valence-corrected chi connectivity index (χ0v) is 12.5. The molecule has 0 saturated heterocycles. The van der Waals surface area contributed by atoms with Gasteiger partial charge in [0, 0.05) is 12.6 Å². The lowest BCUT2D eigenvalue weighted by molar-refractivity contribution is -0.152. The van der Waals surface area contributed by atoms with E-state index in [1.165, 1.54) is 32.1 Å². The molecule has 2 fully saturated rings. The molecule has 0 aliphatic heterocycles. The van der Waals surface area contributed by atoms with E-state index in [1.54, 1.807) is 0 Å². The van der Waals surface area contributed by atoms with Gasteiger partial charge in [0.25, 0.3) is 0 Å². The van der Waals surface area contributed by atoms with Crippen molar-refractivity contribution >= 4 is 5.97 Å². The Balaban J connectivity index is 1.98. The Bertz CT molecular complexity index is 310. The normalized spacial score (nSPS) is 31.3.